The number of hydrogen-bond acceptors (Lipinski definition) is 4. The predicted molar refractivity (Wildman–Crippen MR) is 63.3 cm³/mol. The summed E-state index contributed by atoms with van der Waals surface area (Å²) in [5.74, 6) is 1.53. The van der Waals surface area contributed by atoms with Crippen LogP contribution >= 0.6 is 0 Å². The first-order chi connectivity index (χ1) is 7.59. The standard InChI is InChI=1S/C12H16N4/c1-7(2)10-9-5-13-6-14-12(9)16-11(15-10)8(3)4/h5-8H,1-4H3. The lowest BCUT2D eigenvalue weighted by Gasteiger charge is -2.11. The molecule has 0 bridgehead atoms. The monoisotopic (exact) mass is 216 g/mol. The molecule has 0 saturated heterocycles. The fourth-order valence-corrected chi connectivity index (χ4v) is 1.61. The summed E-state index contributed by atoms with van der Waals surface area (Å²) in [6, 6.07) is 0. The molecule has 0 spiro atoms. The van der Waals surface area contributed by atoms with Crippen LogP contribution in [-0.2, 0) is 0 Å². The van der Waals surface area contributed by atoms with E-state index in [0.29, 0.717) is 11.8 Å². The smallest absolute Gasteiger partial charge is 0.166 e. The highest BCUT2D eigenvalue weighted by Gasteiger charge is 2.13. The van der Waals surface area contributed by atoms with Gasteiger partial charge in [-0.15, -0.1) is 0 Å². The molecule has 0 aliphatic carbocycles. The normalized spacial score (nSPS) is 11.6. The number of fused-ring (bicyclic) bond motifs is 1. The molecule has 0 atom stereocenters. The highest BCUT2D eigenvalue weighted by atomic mass is 15.0. The molecule has 0 unspecified atom stereocenters. The molecule has 0 radical (unpaired) electrons. The Balaban J connectivity index is 2.74. The quantitative estimate of drug-likeness (QED) is 0.774. The Morgan fingerprint density at radius 3 is 2.38 bits per heavy atom. The van der Waals surface area contributed by atoms with Crippen molar-refractivity contribution in [2.75, 3.05) is 0 Å². The van der Waals surface area contributed by atoms with Crippen LogP contribution in [0.15, 0.2) is 12.5 Å². The number of hydrogen-bond donors (Lipinski definition) is 0. The number of aromatic nitrogens is 4. The maximum absolute atomic E-state index is 4.61. The van der Waals surface area contributed by atoms with E-state index in [1.165, 1.54) is 6.33 Å². The van der Waals surface area contributed by atoms with Crippen LogP contribution in [0.25, 0.3) is 11.0 Å². The Morgan fingerprint density at radius 2 is 1.75 bits per heavy atom. The Labute approximate surface area is 95.2 Å². The van der Waals surface area contributed by atoms with Gasteiger partial charge in [0.2, 0.25) is 0 Å². The number of rotatable bonds is 2. The Kier molecular flexibility index (Phi) is 2.81. The van der Waals surface area contributed by atoms with Crippen LogP contribution in [0.5, 0.6) is 0 Å². The topological polar surface area (TPSA) is 51.6 Å². The summed E-state index contributed by atoms with van der Waals surface area (Å²) in [6.45, 7) is 8.43. The van der Waals surface area contributed by atoms with Crippen molar-refractivity contribution in [2.45, 2.75) is 39.5 Å². The molecule has 0 aromatic carbocycles. The summed E-state index contributed by atoms with van der Waals surface area (Å²) < 4.78 is 0. The Hall–Kier alpha value is -1.58. The minimum absolute atomic E-state index is 0.317. The molecule has 2 heterocycles. The summed E-state index contributed by atoms with van der Waals surface area (Å²) in [6.07, 6.45) is 3.32. The summed E-state index contributed by atoms with van der Waals surface area (Å²) in [5, 5.41) is 0.960. The van der Waals surface area contributed by atoms with Gasteiger partial charge < -0.3 is 0 Å². The van der Waals surface area contributed by atoms with Crippen LogP contribution < -0.4 is 0 Å². The lowest BCUT2D eigenvalue weighted by molar-refractivity contribution is 0.740. The third-order valence-corrected chi connectivity index (χ3v) is 2.49. The average molecular weight is 216 g/mol. The molecule has 4 heteroatoms. The molecule has 4 nitrogen and oxygen atoms in total. The average Bonchev–Trinajstić information content (AvgIpc) is 2.27. The van der Waals surface area contributed by atoms with Gasteiger partial charge in [0.05, 0.1) is 11.1 Å². The van der Waals surface area contributed by atoms with Gasteiger partial charge in [0.25, 0.3) is 0 Å². The summed E-state index contributed by atoms with van der Waals surface area (Å²) in [7, 11) is 0. The molecule has 0 fully saturated rings. The zero-order chi connectivity index (χ0) is 11.7. The minimum Gasteiger partial charge on any atom is -0.244 e. The van der Waals surface area contributed by atoms with E-state index in [2.05, 4.69) is 47.6 Å². The SMILES string of the molecule is CC(C)c1nc(C(C)C)c2cncnc2n1. The maximum Gasteiger partial charge on any atom is 0.166 e. The molecule has 84 valence electrons. The van der Waals surface area contributed by atoms with E-state index < -0.39 is 0 Å². The fourth-order valence-electron chi connectivity index (χ4n) is 1.61. The van der Waals surface area contributed by atoms with Gasteiger partial charge in [-0.3, -0.25) is 0 Å². The van der Waals surface area contributed by atoms with Gasteiger partial charge in [-0.2, -0.15) is 0 Å². The first-order valence-electron chi connectivity index (χ1n) is 5.57. The van der Waals surface area contributed by atoms with Crippen molar-refractivity contribution in [3.05, 3.63) is 24.0 Å². The van der Waals surface area contributed by atoms with E-state index in [0.717, 1.165) is 22.6 Å². The first kappa shape index (κ1) is 10.9. The maximum atomic E-state index is 4.61. The van der Waals surface area contributed by atoms with Crippen molar-refractivity contribution < 1.29 is 0 Å². The zero-order valence-corrected chi connectivity index (χ0v) is 10.1. The third-order valence-electron chi connectivity index (χ3n) is 2.49. The van der Waals surface area contributed by atoms with Crippen LogP contribution in [0.2, 0.25) is 0 Å². The van der Waals surface area contributed by atoms with Crippen molar-refractivity contribution in [2.24, 2.45) is 0 Å². The molecule has 0 N–H and O–H groups in total. The fraction of sp³-hybridized carbons (Fsp3) is 0.500. The second-order valence-electron chi connectivity index (χ2n) is 4.54. The van der Waals surface area contributed by atoms with Crippen LogP contribution in [0.1, 0.15) is 51.0 Å². The van der Waals surface area contributed by atoms with Gasteiger partial charge in [-0.1, -0.05) is 27.7 Å². The molecule has 2 aromatic heterocycles. The molecule has 0 amide bonds. The van der Waals surface area contributed by atoms with Crippen molar-refractivity contribution in [3.63, 3.8) is 0 Å². The van der Waals surface area contributed by atoms with Gasteiger partial charge >= 0.3 is 0 Å². The van der Waals surface area contributed by atoms with Crippen LogP contribution in [0.4, 0.5) is 0 Å². The zero-order valence-electron chi connectivity index (χ0n) is 10.1. The minimum atomic E-state index is 0.317. The van der Waals surface area contributed by atoms with Crippen molar-refractivity contribution in [1.82, 2.24) is 19.9 Å². The molecule has 0 aliphatic heterocycles. The second-order valence-corrected chi connectivity index (χ2v) is 4.54. The molecule has 2 rings (SSSR count). The van der Waals surface area contributed by atoms with E-state index in [1.54, 1.807) is 6.20 Å². The van der Waals surface area contributed by atoms with Crippen LogP contribution in [-0.4, -0.2) is 19.9 Å². The highest BCUT2D eigenvalue weighted by Crippen LogP contribution is 2.22. The summed E-state index contributed by atoms with van der Waals surface area (Å²) in [5.41, 5.74) is 1.78. The lowest BCUT2D eigenvalue weighted by Crippen LogP contribution is -2.05. The molecule has 2 aromatic rings. The van der Waals surface area contributed by atoms with Gasteiger partial charge in [0, 0.05) is 12.1 Å². The summed E-state index contributed by atoms with van der Waals surface area (Å²) >= 11 is 0. The Bertz CT molecular complexity index is 505. The molecule has 16 heavy (non-hydrogen) atoms. The molecule has 0 saturated carbocycles. The Morgan fingerprint density at radius 1 is 1.00 bits per heavy atom. The molecular formula is C12H16N4. The third kappa shape index (κ3) is 1.87. The number of nitrogens with zero attached hydrogens (tertiary/aromatic N) is 4. The molecule has 0 aliphatic rings. The van der Waals surface area contributed by atoms with E-state index in [1.807, 2.05) is 0 Å². The lowest BCUT2D eigenvalue weighted by atomic mass is 10.1. The van der Waals surface area contributed by atoms with Gasteiger partial charge in [-0.05, 0) is 5.92 Å². The predicted octanol–water partition coefficient (Wildman–Crippen LogP) is 2.67. The van der Waals surface area contributed by atoms with Gasteiger partial charge in [0.15, 0.2) is 5.65 Å². The molecular weight excluding hydrogens is 200 g/mol. The van der Waals surface area contributed by atoms with Crippen molar-refractivity contribution >= 4 is 11.0 Å². The van der Waals surface area contributed by atoms with Crippen LogP contribution in [0, 0.1) is 0 Å². The van der Waals surface area contributed by atoms with Crippen molar-refractivity contribution in [3.8, 4) is 0 Å². The summed E-state index contributed by atoms with van der Waals surface area (Å²) in [4.78, 5) is 17.3. The van der Waals surface area contributed by atoms with E-state index >= 15 is 0 Å². The van der Waals surface area contributed by atoms with E-state index in [9.17, 15) is 0 Å². The van der Waals surface area contributed by atoms with Crippen LogP contribution in [0.3, 0.4) is 0 Å². The first-order valence-corrected chi connectivity index (χ1v) is 5.57. The van der Waals surface area contributed by atoms with E-state index in [4.69, 9.17) is 0 Å². The van der Waals surface area contributed by atoms with Gasteiger partial charge in [0.1, 0.15) is 12.2 Å². The highest BCUT2D eigenvalue weighted by molar-refractivity contribution is 5.76. The van der Waals surface area contributed by atoms with Gasteiger partial charge in [-0.25, -0.2) is 19.9 Å². The van der Waals surface area contributed by atoms with E-state index in [-0.39, 0.29) is 0 Å². The second kappa shape index (κ2) is 4.12. The van der Waals surface area contributed by atoms with Crippen molar-refractivity contribution in [1.29, 1.82) is 0 Å². The largest absolute Gasteiger partial charge is 0.244 e.